The van der Waals surface area contributed by atoms with E-state index in [1.165, 1.54) is 5.39 Å². The van der Waals surface area contributed by atoms with Crippen molar-refractivity contribution in [1.82, 2.24) is 4.57 Å². The maximum Gasteiger partial charge on any atom is 0.104 e. The summed E-state index contributed by atoms with van der Waals surface area (Å²) in [5.41, 5.74) is 3.26. The fourth-order valence-corrected chi connectivity index (χ4v) is 3.03. The van der Waals surface area contributed by atoms with Gasteiger partial charge in [0, 0.05) is 11.7 Å². The molecule has 0 spiro atoms. The van der Waals surface area contributed by atoms with Gasteiger partial charge in [0.2, 0.25) is 0 Å². The van der Waals surface area contributed by atoms with Crippen LogP contribution in [-0.4, -0.2) is 9.67 Å². The Bertz CT molecular complexity index is 800. The van der Waals surface area contributed by atoms with E-state index in [1.807, 2.05) is 36.4 Å². The van der Waals surface area contributed by atoms with Crippen LogP contribution in [0, 0.1) is 0 Å². The van der Waals surface area contributed by atoms with E-state index in [2.05, 4.69) is 41.1 Å². The molecule has 0 saturated heterocycles. The van der Waals surface area contributed by atoms with Crippen LogP contribution in [-0.2, 0) is 0 Å². The Kier molecular flexibility index (Phi) is 2.51. The lowest BCUT2D eigenvalue weighted by atomic mass is 9.91. The SMILES string of the molecule is OC1c2ccccc2C=C[C@H]1n1ccc2ccccc21. The summed E-state index contributed by atoms with van der Waals surface area (Å²) >= 11 is 0. The lowest BCUT2D eigenvalue weighted by molar-refractivity contribution is 0.135. The van der Waals surface area contributed by atoms with Gasteiger partial charge in [0.25, 0.3) is 0 Å². The van der Waals surface area contributed by atoms with Crippen molar-refractivity contribution in [1.29, 1.82) is 0 Å². The molecule has 2 nitrogen and oxygen atoms in total. The van der Waals surface area contributed by atoms with Gasteiger partial charge in [0.1, 0.15) is 6.10 Å². The van der Waals surface area contributed by atoms with Crippen LogP contribution in [0.2, 0.25) is 0 Å². The average molecular weight is 261 g/mol. The Balaban J connectivity index is 1.85. The molecule has 20 heavy (non-hydrogen) atoms. The molecule has 1 aromatic heterocycles. The van der Waals surface area contributed by atoms with Crippen LogP contribution in [0.25, 0.3) is 17.0 Å². The summed E-state index contributed by atoms with van der Waals surface area (Å²) in [5.74, 6) is 0. The van der Waals surface area contributed by atoms with E-state index in [9.17, 15) is 5.11 Å². The molecule has 0 bridgehead atoms. The van der Waals surface area contributed by atoms with Crippen molar-refractivity contribution in [3.8, 4) is 0 Å². The van der Waals surface area contributed by atoms with Crippen molar-refractivity contribution in [2.75, 3.05) is 0 Å². The van der Waals surface area contributed by atoms with E-state index in [1.54, 1.807) is 0 Å². The highest BCUT2D eigenvalue weighted by Gasteiger charge is 2.25. The van der Waals surface area contributed by atoms with E-state index < -0.39 is 6.10 Å². The second-order valence-electron chi connectivity index (χ2n) is 5.21. The molecule has 1 aliphatic carbocycles. The molecule has 1 heterocycles. The average Bonchev–Trinajstić information content (AvgIpc) is 2.92. The van der Waals surface area contributed by atoms with Crippen molar-refractivity contribution in [3.05, 3.63) is 78.0 Å². The molecule has 0 radical (unpaired) electrons. The molecule has 98 valence electrons. The summed E-state index contributed by atoms with van der Waals surface area (Å²) < 4.78 is 2.15. The number of hydrogen-bond acceptors (Lipinski definition) is 1. The first-order chi connectivity index (χ1) is 9.84. The monoisotopic (exact) mass is 261 g/mol. The highest BCUT2D eigenvalue weighted by Crippen LogP contribution is 2.36. The molecule has 3 aromatic rings. The van der Waals surface area contributed by atoms with Gasteiger partial charge >= 0.3 is 0 Å². The highest BCUT2D eigenvalue weighted by molar-refractivity contribution is 5.80. The van der Waals surface area contributed by atoms with Crippen molar-refractivity contribution in [2.45, 2.75) is 12.1 Å². The molecular formula is C18H15NO. The number of aliphatic hydroxyl groups excluding tert-OH is 1. The molecule has 0 saturated carbocycles. The molecular weight excluding hydrogens is 246 g/mol. The van der Waals surface area contributed by atoms with Crippen LogP contribution in [0.15, 0.2) is 66.9 Å². The largest absolute Gasteiger partial charge is 0.386 e. The lowest BCUT2D eigenvalue weighted by Crippen LogP contribution is -2.18. The molecule has 1 aliphatic rings. The minimum atomic E-state index is -0.507. The summed E-state index contributed by atoms with van der Waals surface area (Å²) in [7, 11) is 0. The number of aromatic nitrogens is 1. The molecule has 0 aliphatic heterocycles. The summed E-state index contributed by atoms with van der Waals surface area (Å²) in [6, 6.07) is 18.3. The van der Waals surface area contributed by atoms with E-state index in [4.69, 9.17) is 0 Å². The predicted octanol–water partition coefficient (Wildman–Crippen LogP) is 3.94. The molecule has 0 fully saturated rings. The Labute approximate surface area is 117 Å². The minimum Gasteiger partial charge on any atom is -0.386 e. The number of nitrogens with zero attached hydrogens (tertiary/aromatic N) is 1. The van der Waals surface area contributed by atoms with E-state index in [0.717, 1.165) is 16.6 Å². The van der Waals surface area contributed by atoms with Gasteiger partial charge in [-0.05, 0) is 28.6 Å². The van der Waals surface area contributed by atoms with Gasteiger partial charge in [0.05, 0.1) is 6.04 Å². The normalized spacial score (nSPS) is 21.1. The van der Waals surface area contributed by atoms with Gasteiger partial charge in [-0.3, -0.25) is 0 Å². The number of fused-ring (bicyclic) bond motifs is 2. The Morgan fingerprint density at radius 1 is 0.900 bits per heavy atom. The van der Waals surface area contributed by atoms with Crippen LogP contribution in [0.1, 0.15) is 23.3 Å². The van der Waals surface area contributed by atoms with Gasteiger partial charge in [-0.2, -0.15) is 0 Å². The zero-order valence-electron chi connectivity index (χ0n) is 11.0. The molecule has 4 rings (SSSR count). The van der Waals surface area contributed by atoms with Crippen molar-refractivity contribution >= 4 is 17.0 Å². The summed E-state index contributed by atoms with van der Waals surface area (Å²) in [6.45, 7) is 0. The smallest absolute Gasteiger partial charge is 0.104 e. The molecule has 0 amide bonds. The molecule has 2 atom stereocenters. The number of para-hydroxylation sites is 1. The van der Waals surface area contributed by atoms with E-state index in [-0.39, 0.29) is 6.04 Å². The van der Waals surface area contributed by atoms with Crippen LogP contribution in [0.3, 0.4) is 0 Å². The van der Waals surface area contributed by atoms with Gasteiger partial charge in [-0.1, -0.05) is 54.6 Å². The second kappa shape index (κ2) is 4.36. The zero-order chi connectivity index (χ0) is 13.5. The maximum absolute atomic E-state index is 10.7. The number of aliphatic hydroxyl groups is 1. The van der Waals surface area contributed by atoms with Crippen LogP contribution < -0.4 is 0 Å². The zero-order valence-corrected chi connectivity index (χ0v) is 11.0. The van der Waals surface area contributed by atoms with Gasteiger partial charge in [-0.15, -0.1) is 0 Å². The summed E-state index contributed by atoms with van der Waals surface area (Å²) in [5, 5.41) is 11.9. The number of hydrogen-bond donors (Lipinski definition) is 1. The fraction of sp³-hybridized carbons (Fsp3) is 0.111. The highest BCUT2D eigenvalue weighted by atomic mass is 16.3. The number of rotatable bonds is 1. The van der Waals surface area contributed by atoms with Gasteiger partial charge < -0.3 is 9.67 Å². The molecule has 2 heteroatoms. The van der Waals surface area contributed by atoms with Crippen molar-refractivity contribution in [2.24, 2.45) is 0 Å². The third-order valence-corrected chi connectivity index (χ3v) is 4.06. The van der Waals surface area contributed by atoms with Gasteiger partial charge in [-0.25, -0.2) is 0 Å². The van der Waals surface area contributed by atoms with Crippen LogP contribution in [0.4, 0.5) is 0 Å². The van der Waals surface area contributed by atoms with Crippen molar-refractivity contribution < 1.29 is 5.11 Å². The maximum atomic E-state index is 10.7. The van der Waals surface area contributed by atoms with Crippen LogP contribution >= 0.6 is 0 Å². The first kappa shape index (κ1) is 11.5. The lowest BCUT2D eigenvalue weighted by Gasteiger charge is -2.27. The molecule has 2 aromatic carbocycles. The first-order valence-electron chi connectivity index (χ1n) is 6.85. The topological polar surface area (TPSA) is 25.2 Å². The van der Waals surface area contributed by atoms with E-state index in [0.29, 0.717) is 0 Å². The molecule has 1 unspecified atom stereocenters. The van der Waals surface area contributed by atoms with Gasteiger partial charge in [0.15, 0.2) is 0 Å². The Morgan fingerprint density at radius 3 is 2.65 bits per heavy atom. The molecule has 1 N–H and O–H groups in total. The Hall–Kier alpha value is -2.32. The minimum absolute atomic E-state index is 0.0511. The Morgan fingerprint density at radius 2 is 1.70 bits per heavy atom. The standard InChI is InChI=1S/C18H15NO/c20-18-15-7-3-1-5-13(15)9-10-17(18)19-12-11-14-6-2-4-8-16(14)19/h1-12,17-18,20H/t17-,18?/m1/s1. The summed E-state index contributed by atoms with van der Waals surface area (Å²) in [6.07, 6.45) is 5.73. The van der Waals surface area contributed by atoms with E-state index >= 15 is 0 Å². The first-order valence-corrected chi connectivity index (χ1v) is 6.85. The predicted molar refractivity (Wildman–Crippen MR) is 81.4 cm³/mol. The fourth-order valence-electron chi connectivity index (χ4n) is 3.03. The third kappa shape index (κ3) is 1.62. The van der Waals surface area contributed by atoms with Crippen LogP contribution in [0.5, 0.6) is 0 Å². The van der Waals surface area contributed by atoms with Crippen molar-refractivity contribution in [3.63, 3.8) is 0 Å². The second-order valence-corrected chi connectivity index (χ2v) is 5.21. The number of benzene rings is 2. The third-order valence-electron chi connectivity index (χ3n) is 4.06. The summed E-state index contributed by atoms with van der Waals surface area (Å²) in [4.78, 5) is 0. The quantitative estimate of drug-likeness (QED) is 0.705.